The fourth-order valence-corrected chi connectivity index (χ4v) is 5.07. The fourth-order valence-electron chi connectivity index (χ4n) is 3.78. The number of ether oxygens (including phenoxy) is 1. The Kier molecular flexibility index (Phi) is 6.98. The molecular formula is C22H31N3O4S. The van der Waals surface area contributed by atoms with Gasteiger partial charge in [-0.3, -0.25) is 4.98 Å². The molecule has 1 aromatic carbocycles. The average Bonchev–Trinajstić information content (AvgIpc) is 2.70. The molecule has 0 bridgehead atoms. The van der Waals surface area contributed by atoms with Gasteiger partial charge < -0.3 is 10.1 Å². The standard InChI is InChI=1S/C22H31N3O4S/c1-22(2,3)29-21(26)24-14-16-9-11-17(12-10-16)15-25-30(27,28)19-8-4-6-18-7-5-13-23-20(18)19/h4-8,13,16-17,25H,9-12,14-15H2,1-3H3,(H,24,26)/t16-,17-. The molecule has 3 rings (SSSR count). The Morgan fingerprint density at radius 1 is 1.07 bits per heavy atom. The lowest BCUT2D eigenvalue weighted by molar-refractivity contribution is 0.0513. The van der Waals surface area contributed by atoms with Crippen LogP contribution in [-0.2, 0) is 14.8 Å². The number of nitrogens with zero attached hydrogens (tertiary/aromatic N) is 1. The van der Waals surface area contributed by atoms with Crippen LogP contribution in [0, 0.1) is 11.8 Å². The molecule has 8 heteroatoms. The van der Waals surface area contributed by atoms with Crippen molar-refractivity contribution in [2.24, 2.45) is 11.8 Å². The molecule has 1 aliphatic rings. The predicted molar refractivity (Wildman–Crippen MR) is 117 cm³/mol. The number of aromatic nitrogens is 1. The fraction of sp³-hybridized carbons (Fsp3) is 0.545. The summed E-state index contributed by atoms with van der Waals surface area (Å²) in [5.74, 6) is 0.688. The van der Waals surface area contributed by atoms with Gasteiger partial charge in [0.05, 0.1) is 5.52 Å². The van der Waals surface area contributed by atoms with Crippen LogP contribution in [0.5, 0.6) is 0 Å². The van der Waals surface area contributed by atoms with Gasteiger partial charge in [0, 0.05) is 24.7 Å². The Balaban J connectivity index is 1.48. The third-order valence-corrected chi connectivity index (χ3v) is 6.80. The Morgan fingerprint density at radius 3 is 2.37 bits per heavy atom. The van der Waals surface area contributed by atoms with E-state index in [-0.39, 0.29) is 11.0 Å². The normalized spacial score (nSPS) is 20.1. The number of alkyl carbamates (subject to hydrolysis) is 1. The summed E-state index contributed by atoms with van der Waals surface area (Å²) in [6.45, 7) is 6.53. The van der Waals surface area contributed by atoms with Gasteiger partial charge in [0.15, 0.2) is 0 Å². The van der Waals surface area contributed by atoms with Crippen molar-refractivity contribution in [3.63, 3.8) is 0 Å². The highest BCUT2D eigenvalue weighted by atomic mass is 32.2. The highest BCUT2D eigenvalue weighted by Crippen LogP contribution is 2.29. The van der Waals surface area contributed by atoms with Crippen molar-refractivity contribution < 1.29 is 17.9 Å². The maximum Gasteiger partial charge on any atom is 0.407 e. The molecule has 7 nitrogen and oxygen atoms in total. The van der Waals surface area contributed by atoms with Crippen molar-refractivity contribution >= 4 is 27.0 Å². The summed E-state index contributed by atoms with van der Waals surface area (Å²) in [6.07, 6.45) is 4.99. The highest BCUT2D eigenvalue weighted by molar-refractivity contribution is 7.89. The first kappa shape index (κ1) is 22.5. The molecule has 0 unspecified atom stereocenters. The van der Waals surface area contributed by atoms with Crippen molar-refractivity contribution in [3.8, 4) is 0 Å². The van der Waals surface area contributed by atoms with Gasteiger partial charge >= 0.3 is 6.09 Å². The number of benzene rings is 1. The van der Waals surface area contributed by atoms with Crippen LogP contribution in [0.2, 0.25) is 0 Å². The lowest BCUT2D eigenvalue weighted by Gasteiger charge is -2.29. The topological polar surface area (TPSA) is 97.4 Å². The van der Waals surface area contributed by atoms with Crippen LogP contribution in [0.4, 0.5) is 4.79 Å². The Labute approximate surface area is 178 Å². The molecule has 1 saturated carbocycles. The smallest absolute Gasteiger partial charge is 0.407 e. The van der Waals surface area contributed by atoms with Gasteiger partial charge in [-0.15, -0.1) is 0 Å². The van der Waals surface area contributed by atoms with Crippen LogP contribution < -0.4 is 10.0 Å². The van der Waals surface area contributed by atoms with Crippen LogP contribution in [0.25, 0.3) is 10.9 Å². The van der Waals surface area contributed by atoms with Gasteiger partial charge in [0.2, 0.25) is 10.0 Å². The first-order chi connectivity index (χ1) is 14.1. The van der Waals surface area contributed by atoms with Gasteiger partial charge in [-0.25, -0.2) is 17.9 Å². The van der Waals surface area contributed by atoms with E-state index in [2.05, 4.69) is 15.0 Å². The van der Waals surface area contributed by atoms with E-state index in [1.165, 1.54) is 0 Å². The van der Waals surface area contributed by atoms with Crippen LogP contribution in [0.1, 0.15) is 46.5 Å². The second-order valence-corrected chi connectivity index (χ2v) is 10.7. The number of fused-ring (bicyclic) bond motifs is 1. The third kappa shape index (κ3) is 6.15. The van der Waals surface area contributed by atoms with Gasteiger partial charge in [-0.1, -0.05) is 18.2 Å². The molecule has 164 valence electrons. The number of amides is 1. The summed E-state index contributed by atoms with van der Waals surface area (Å²) in [4.78, 5) is 16.3. The van der Waals surface area contributed by atoms with Gasteiger partial charge in [0.25, 0.3) is 0 Å². The molecule has 0 aliphatic heterocycles. The minimum absolute atomic E-state index is 0.218. The maximum absolute atomic E-state index is 12.8. The molecule has 0 radical (unpaired) electrons. The third-order valence-electron chi connectivity index (χ3n) is 5.35. The van der Waals surface area contributed by atoms with Crippen LogP contribution in [0.3, 0.4) is 0 Å². The van der Waals surface area contributed by atoms with Crippen molar-refractivity contribution in [1.82, 2.24) is 15.0 Å². The SMILES string of the molecule is CC(C)(C)OC(=O)NC[C@H]1CC[C@H](CNS(=O)(=O)c2cccc3cccnc23)CC1. The lowest BCUT2D eigenvalue weighted by atomic mass is 9.82. The first-order valence-corrected chi connectivity index (χ1v) is 11.9. The Morgan fingerprint density at radius 2 is 1.70 bits per heavy atom. The summed E-state index contributed by atoms with van der Waals surface area (Å²) in [5.41, 5.74) is -0.0113. The van der Waals surface area contributed by atoms with Crippen LogP contribution >= 0.6 is 0 Å². The summed E-state index contributed by atoms with van der Waals surface area (Å²) in [5, 5.41) is 3.64. The zero-order valence-corrected chi connectivity index (χ0v) is 18.7. The van der Waals surface area contributed by atoms with Crippen molar-refractivity contribution in [2.75, 3.05) is 13.1 Å². The average molecular weight is 434 g/mol. The molecule has 1 amide bonds. The number of sulfonamides is 1. The van der Waals surface area contributed by atoms with Crippen LogP contribution in [-0.4, -0.2) is 38.2 Å². The maximum atomic E-state index is 12.8. The molecule has 1 heterocycles. The molecule has 2 N–H and O–H groups in total. The summed E-state index contributed by atoms with van der Waals surface area (Å²) < 4.78 is 33.7. The second-order valence-electron chi connectivity index (χ2n) is 8.95. The number of hydrogen-bond acceptors (Lipinski definition) is 5. The lowest BCUT2D eigenvalue weighted by Crippen LogP contribution is -2.37. The van der Waals surface area contributed by atoms with E-state index >= 15 is 0 Å². The summed E-state index contributed by atoms with van der Waals surface area (Å²) in [7, 11) is -3.62. The number of carbonyl (C=O) groups excluding carboxylic acids is 1. The minimum Gasteiger partial charge on any atom is -0.444 e. The number of hydrogen-bond donors (Lipinski definition) is 2. The van der Waals surface area contributed by atoms with Gasteiger partial charge in [-0.2, -0.15) is 0 Å². The monoisotopic (exact) mass is 433 g/mol. The van der Waals surface area contributed by atoms with E-state index in [4.69, 9.17) is 4.74 Å². The highest BCUT2D eigenvalue weighted by Gasteiger charge is 2.25. The quantitative estimate of drug-likeness (QED) is 0.721. The van der Waals surface area contributed by atoms with Crippen molar-refractivity contribution in [2.45, 2.75) is 57.0 Å². The van der Waals surface area contributed by atoms with E-state index in [0.29, 0.717) is 30.4 Å². The van der Waals surface area contributed by atoms with Crippen molar-refractivity contribution in [3.05, 3.63) is 36.5 Å². The van der Waals surface area contributed by atoms with Crippen molar-refractivity contribution in [1.29, 1.82) is 0 Å². The second kappa shape index (κ2) is 9.31. The molecular weight excluding hydrogens is 402 g/mol. The summed E-state index contributed by atoms with van der Waals surface area (Å²) in [6, 6.07) is 8.84. The van der Waals surface area contributed by atoms with E-state index in [0.717, 1.165) is 31.1 Å². The van der Waals surface area contributed by atoms with E-state index in [1.807, 2.05) is 32.9 Å². The Bertz CT molecular complexity index is 972. The van der Waals surface area contributed by atoms with E-state index in [1.54, 1.807) is 24.4 Å². The molecule has 1 aliphatic carbocycles. The molecule has 0 atom stereocenters. The van der Waals surface area contributed by atoms with Crippen LogP contribution in [0.15, 0.2) is 41.4 Å². The minimum atomic E-state index is -3.62. The molecule has 1 fully saturated rings. The molecule has 1 aromatic heterocycles. The predicted octanol–water partition coefficient (Wildman–Crippen LogP) is 3.84. The number of rotatable bonds is 6. The van der Waals surface area contributed by atoms with E-state index in [9.17, 15) is 13.2 Å². The van der Waals surface area contributed by atoms with Gasteiger partial charge in [-0.05, 0) is 70.4 Å². The number of carbonyl (C=O) groups is 1. The Hall–Kier alpha value is -2.19. The largest absolute Gasteiger partial charge is 0.444 e. The molecule has 2 aromatic rings. The number of para-hydroxylation sites is 1. The zero-order chi connectivity index (χ0) is 21.8. The van der Waals surface area contributed by atoms with Gasteiger partial charge in [0.1, 0.15) is 10.5 Å². The first-order valence-electron chi connectivity index (χ1n) is 10.4. The molecule has 0 saturated heterocycles. The number of nitrogens with one attached hydrogen (secondary N) is 2. The zero-order valence-electron chi connectivity index (χ0n) is 17.8. The molecule has 0 spiro atoms. The van der Waals surface area contributed by atoms with E-state index < -0.39 is 15.6 Å². The summed E-state index contributed by atoms with van der Waals surface area (Å²) >= 11 is 0. The number of pyridine rings is 1. The molecule has 30 heavy (non-hydrogen) atoms.